The highest BCUT2D eigenvalue weighted by atomic mass is 14.9. The van der Waals surface area contributed by atoms with E-state index in [2.05, 4.69) is 40.6 Å². The lowest BCUT2D eigenvalue weighted by molar-refractivity contribution is 0.445. The fourth-order valence-electron chi connectivity index (χ4n) is 1.76. The van der Waals surface area contributed by atoms with Gasteiger partial charge in [-0.15, -0.1) is 0 Å². The van der Waals surface area contributed by atoms with Crippen LogP contribution in [0.1, 0.15) is 19.4 Å². The third-order valence-corrected chi connectivity index (χ3v) is 2.82. The molecule has 17 heavy (non-hydrogen) atoms. The van der Waals surface area contributed by atoms with Gasteiger partial charge in [-0.2, -0.15) is 5.26 Å². The summed E-state index contributed by atoms with van der Waals surface area (Å²) < 4.78 is 0. The van der Waals surface area contributed by atoms with Crippen molar-refractivity contribution in [2.45, 2.75) is 20.4 Å². The molecule has 0 aliphatic heterocycles. The molecule has 0 saturated heterocycles. The Labute approximate surface area is 101 Å². The molecular weight excluding hydrogens is 210 g/mol. The maximum atomic E-state index is 8.91. The summed E-state index contributed by atoms with van der Waals surface area (Å²) in [4.78, 5) is 3.20. The van der Waals surface area contributed by atoms with Gasteiger partial charge in [0.05, 0.1) is 11.5 Å². The van der Waals surface area contributed by atoms with Gasteiger partial charge in [-0.05, 0) is 36.9 Å². The van der Waals surface area contributed by atoms with E-state index in [9.17, 15) is 0 Å². The topological polar surface area (TPSA) is 51.6 Å². The fraction of sp³-hybridized carbons (Fsp3) is 0.357. The van der Waals surface area contributed by atoms with Crippen LogP contribution in [0.4, 0.5) is 0 Å². The number of rotatable bonds is 4. The number of hydrogen-bond acceptors (Lipinski definition) is 2. The highest BCUT2D eigenvalue weighted by Crippen LogP contribution is 2.15. The average Bonchev–Trinajstić information content (AvgIpc) is 2.76. The van der Waals surface area contributed by atoms with Gasteiger partial charge < -0.3 is 10.3 Å². The van der Waals surface area contributed by atoms with Gasteiger partial charge >= 0.3 is 0 Å². The fourth-order valence-corrected chi connectivity index (χ4v) is 1.76. The van der Waals surface area contributed by atoms with Gasteiger partial charge in [0.15, 0.2) is 0 Å². The van der Waals surface area contributed by atoms with Crippen LogP contribution in [0.2, 0.25) is 0 Å². The standard InChI is InChI=1S/C14H17N3/c1-14(2,9-15)10-16-8-11-3-4-12-5-6-17-13(12)7-11/h3-7,16-17H,8,10H2,1-2H3. The minimum Gasteiger partial charge on any atom is -0.361 e. The number of nitrogens with one attached hydrogen (secondary N) is 2. The van der Waals surface area contributed by atoms with E-state index in [1.165, 1.54) is 10.9 Å². The molecule has 0 radical (unpaired) electrons. The van der Waals surface area contributed by atoms with Crippen molar-refractivity contribution in [3.63, 3.8) is 0 Å². The SMILES string of the molecule is CC(C)(C#N)CNCc1ccc2cc[nH]c2c1. The zero-order valence-electron chi connectivity index (χ0n) is 10.2. The number of H-pyrrole nitrogens is 1. The molecule has 88 valence electrons. The molecule has 0 amide bonds. The number of benzene rings is 1. The van der Waals surface area contributed by atoms with Crippen molar-refractivity contribution in [3.05, 3.63) is 36.0 Å². The third-order valence-electron chi connectivity index (χ3n) is 2.82. The molecule has 2 N–H and O–H groups in total. The third kappa shape index (κ3) is 2.86. The average molecular weight is 227 g/mol. The Morgan fingerprint density at radius 3 is 2.94 bits per heavy atom. The Hall–Kier alpha value is -1.79. The van der Waals surface area contributed by atoms with E-state index in [1.807, 2.05) is 20.0 Å². The van der Waals surface area contributed by atoms with Gasteiger partial charge in [-0.25, -0.2) is 0 Å². The first kappa shape index (κ1) is 11.7. The van der Waals surface area contributed by atoms with Crippen molar-refractivity contribution in [1.82, 2.24) is 10.3 Å². The number of aromatic nitrogens is 1. The molecule has 2 rings (SSSR count). The summed E-state index contributed by atoms with van der Waals surface area (Å²) in [7, 11) is 0. The largest absolute Gasteiger partial charge is 0.361 e. The van der Waals surface area contributed by atoms with Crippen LogP contribution in [0.25, 0.3) is 10.9 Å². The van der Waals surface area contributed by atoms with E-state index in [-0.39, 0.29) is 5.41 Å². The maximum Gasteiger partial charge on any atom is 0.0697 e. The van der Waals surface area contributed by atoms with Crippen molar-refractivity contribution in [1.29, 1.82) is 5.26 Å². The number of hydrogen-bond donors (Lipinski definition) is 2. The first-order valence-corrected chi connectivity index (χ1v) is 5.79. The van der Waals surface area contributed by atoms with Gasteiger partial charge in [-0.3, -0.25) is 0 Å². The van der Waals surface area contributed by atoms with Crippen molar-refractivity contribution >= 4 is 10.9 Å². The van der Waals surface area contributed by atoms with Gasteiger partial charge in [0, 0.05) is 24.8 Å². The Kier molecular flexibility index (Phi) is 3.16. The van der Waals surface area contributed by atoms with Gasteiger partial charge in [-0.1, -0.05) is 12.1 Å². The van der Waals surface area contributed by atoms with Gasteiger partial charge in [0.1, 0.15) is 0 Å². The summed E-state index contributed by atoms with van der Waals surface area (Å²) in [5.41, 5.74) is 2.08. The Morgan fingerprint density at radius 1 is 1.35 bits per heavy atom. The van der Waals surface area contributed by atoms with Crippen LogP contribution in [-0.4, -0.2) is 11.5 Å². The van der Waals surface area contributed by atoms with Crippen LogP contribution >= 0.6 is 0 Å². The monoisotopic (exact) mass is 227 g/mol. The molecule has 0 spiro atoms. The molecule has 0 atom stereocenters. The molecule has 0 saturated carbocycles. The highest BCUT2D eigenvalue weighted by Gasteiger charge is 2.15. The summed E-state index contributed by atoms with van der Waals surface area (Å²) in [5.74, 6) is 0. The molecule has 0 aliphatic rings. The van der Waals surface area contributed by atoms with E-state index in [0.29, 0.717) is 6.54 Å². The van der Waals surface area contributed by atoms with Crippen LogP contribution in [-0.2, 0) is 6.54 Å². The van der Waals surface area contributed by atoms with E-state index < -0.39 is 0 Å². The predicted molar refractivity (Wildman–Crippen MR) is 69.4 cm³/mol. The summed E-state index contributed by atoms with van der Waals surface area (Å²) in [6.07, 6.45) is 1.95. The van der Waals surface area contributed by atoms with E-state index in [4.69, 9.17) is 5.26 Å². The Morgan fingerprint density at radius 2 is 2.18 bits per heavy atom. The summed E-state index contributed by atoms with van der Waals surface area (Å²) in [6, 6.07) is 10.7. The van der Waals surface area contributed by atoms with Gasteiger partial charge in [0.2, 0.25) is 0 Å². The van der Waals surface area contributed by atoms with Gasteiger partial charge in [0.25, 0.3) is 0 Å². The van der Waals surface area contributed by atoms with Crippen LogP contribution in [0, 0.1) is 16.7 Å². The molecule has 2 aromatic rings. The smallest absolute Gasteiger partial charge is 0.0697 e. The predicted octanol–water partition coefficient (Wildman–Crippen LogP) is 2.81. The van der Waals surface area contributed by atoms with Crippen LogP contribution in [0.3, 0.4) is 0 Å². The normalized spacial score (nSPS) is 11.6. The lowest BCUT2D eigenvalue weighted by atomic mass is 9.96. The zero-order chi connectivity index (χ0) is 12.3. The summed E-state index contributed by atoms with van der Waals surface area (Å²) in [5, 5.41) is 13.5. The number of fused-ring (bicyclic) bond motifs is 1. The molecule has 0 fully saturated rings. The molecule has 1 heterocycles. The molecule has 0 unspecified atom stereocenters. The first-order chi connectivity index (χ1) is 8.11. The highest BCUT2D eigenvalue weighted by molar-refractivity contribution is 5.79. The molecule has 1 aromatic carbocycles. The molecule has 0 bridgehead atoms. The maximum absolute atomic E-state index is 8.91. The molecular formula is C14H17N3. The first-order valence-electron chi connectivity index (χ1n) is 5.79. The number of aromatic amines is 1. The van der Waals surface area contributed by atoms with Crippen molar-refractivity contribution < 1.29 is 0 Å². The lowest BCUT2D eigenvalue weighted by Crippen LogP contribution is -2.27. The van der Waals surface area contributed by atoms with E-state index in [0.717, 1.165) is 12.1 Å². The molecule has 0 aliphatic carbocycles. The molecule has 3 heteroatoms. The van der Waals surface area contributed by atoms with Crippen molar-refractivity contribution in [2.75, 3.05) is 6.54 Å². The van der Waals surface area contributed by atoms with E-state index in [1.54, 1.807) is 0 Å². The van der Waals surface area contributed by atoms with E-state index >= 15 is 0 Å². The number of nitrogens with zero attached hydrogens (tertiary/aromatic N) is 1. The summed E-state index contributed by atoms with van der Waals surface area (Å²) in [6.45, 7) is 5.37. The van der Waals surface area contributed by atoms with Crippen LogP contribution in [0.15, 0.2) is 30.5 Å². The minimum absolute atomic E-state index is 0.309. The quantitative estimate of drug-likeness (QED) is 0.843. The van der Waals surface area contributed by atoms with Crippen molar-refractivity contribution in [3.8, 4) is 6.07 Å². The Balaban J connectivity index is 1.97. The lowest BCUT2D eigenvalue weighted by Gasteiger charge is -2.15. The van der Waals surface area contributed by atoms with Crippen LogP contribution in [0.5, 0.6) is 0 Å². The Bertz CT molecular complexity index is 546. The molecule has 1 aromatic heterocycles. The minimum atomic E-state index is -0.309. The second kappa shape index (κ2) is 4.60. The van der Waals surface area contributed by atoms with Crippen molar-refractivity contribution in [2.24, 2.45) is 5.41 Å². The second-order valence-electron chi connectivity index (χ2n) is 5.00. The molecule has 3 nitrogen and oxygen atoms in total. The second-order valence-corrected chi connectivity index (χ2v) is 5.00. The zero-order valence-corrected chi connectivity index (χ0v) is 10.2. The number of nitriles is 1. The van der Waals surface area contributed by atoms with Crippen LogP contribution < -0.4 is 5.32 Å². The summed E-state index contributed by atoms with van der Waals surface area (Å²) >= 11 is 0.